The molecular formula is C16H27FN4. The average Bonchev–Trinajstić information content (AvgIpc) is 2.49. The number of aromatic nitrogens is 1. The molecule has 21 heavy (non-hydrogen) atoms. The molecule has 1 aromatic heterocycles. The number of rotatable bonds is 8. The molecule has 0 spiro atoms. The molecule has 0 saturated carbocycles. The number of unbranched alkanes of at least 4 members (excludes halogenated alkanes) is 3. The van der Waals surface area contributed by atoms with Gasteiger partial charge in [0, 0.05) is 19.3 Å². The van der Waals surface area contributed by atoms with Crippen LogP contribution in [0.25, 0.3) is 0 Å². The highest BCUT2D eigenvalue weighted by Gasteiger charge is 2.07. The molecule has 4 nitrogen and oxygen atoms in total. The summed E-state index contributed by atoms with van der Waals surface area (Å²) in [4.78, 5) is 8.17. The minimum absolute atomic E-state index is 0.298. The fourth-order valence-corrected chi connectivity index (χ4v) is 2.09. The van der Waals surface area contributed by atoms with Crippen LogP contribution in [-0.2, 0) is 6.54 Å². The SMILES string of the molecule is CCCCCCC(C)NC(=NC)NCc1ncccc1F. The maximum absolute atomic E-state index is 13.5. The molecule has 2 N–H and O–H groups in total. The molecule has 0 amide bonds. The van der Waals surface area contributed by atoms with Gasteiger partial charge in [-0.3, -0.25) is 9.98 Å². The summed E-state index contributed by atoms with van der Waals surface area (Å²) in [5, 5.41) is 6.42. The smallest absolute Gasteiger partial charge is 0.191 e. The Hall–Kier alpha value is -1.65. The lowest BCUT2D eigenvalue weighted by atomic mass is 10.1. The zero-order valence-electron chi connectivity index (χ0n) is 13.3. The van der Waals surface area contributed by atoms with Gasteiger partial charge >= 0.3 is 0 Å². The lowest BCUT2D eigenvalue weighted by Crippen LogP contribution is -2.42. The maximum Gasteiger partial charge on any atom is 0.191 e. The lowest BCUT2D eigenvalue weighted by Gasteiger charge is -2.17. The van der Waals surface area contributed by atoms with E-state index in [4.69, 9.17) is 0 Å². The van der Waals surface area contributed by atoms with Crippen molar-refractivity contribution in [1.82, 2.24) is 15.6 Å². The molecule has 1 heterocycles. The van der Waals surface area contributed by atoms with Gasteiger partial charge in [0.25, 0.3) is 0 Å². The van der Waals surface area contributed by atoms with E-state index in [-0.39, 0.29) is 5.82 Å². The van der Waals surface area contributed by atoms with Gasteiger partial charge in [-0.1, -0.05) is 32.6 Å². The van der Waals surface area contributed by atoms with Crippen molar-refractivity contribution in [1.29, 1.82) is 0 Å². The van der Waals surface area contributed by atoms with E-state index in [1.165, 1.54) is 31.7 Å². The number of nitrogens with zero attached hydrogens (tertiary/aromatic N) is 2. The third kappa shape index (κ3) is 7.06. The fourth-order valence-electron chi connectivity index (χ4n) is 2.09. The second kappa shape index (κ2) is 10.1. The number of halogens is 1. The molecule has 5 heteroatoms. The van der Waals surface area contributed by atoms with Gasteiger partial charge in [-0.2, -0.15) is 0 Å². The van der Waals surface area contributed by atoms with Crippen molar-refractivity contribution in [3.8, 4) is 0 Å². The van der Waals surface area contributed by atoms with E-state index in [1.807, 2.05) is 0 Å². The highest BCUT2D eigenvalue weighted by atomic mass is 19.1. The van der Waals surface area contributed by atoms with Crippen molar-refractivity contribution in [3.05, 3.63) is 29.8 Å². The van der Waals surface area contributed by atoms with Crippen LogP contribution in [0.15, 0.2) is 23.3 Å². The summed E-state index contributed by atoms with van der Waals surface area (Å²) in [5.74, 6) is 0.385. The first kappa shape index (κ1) is 17.4. The minimum atomic E-state index is -0.298. The van der Waals surface area contributed by atoms with Crippen molar-refractivity contribution in [3.63, 3.8) is 0 Å². The summed E-state index contributed by atoms with van der Waals surface area (Å²) in [5.41, 5.74) is 0.399. The van der Waals surface area contributed by atoms with Gasteiger partial charge in [0.1, 0.15) is 5.82 Å². The van der Waals surface area contributed by atoms with Gasteiger partial charge in [0.05, 0.1) is 12.2 Å². The molecule has 0 aromatic carbocycles. The van der Waals surface area contributed by atoms with Gasteiger partial charge in [0.15, 0.2) is 5.96 Å². The Labute approximate surface area is 127 Å². The maximum atomic E-state index is 13.5. The third-order valence-electron chi connectivity index (χ3n) is 3.36. The quantitative estimate of drug-likeness (QED) is 0.439. The zero-order chi connectivity index (χ0) is 15.5. The second-order valence-electron chi connectivity index (χ2n) is 5.25. The van der Waals surface area contributed by atoms with Crippen LogP contribution in [0.2, 0.25) is 0 Å². The molecule has 0 radical (unpaired) electrons. The minimum Gasteiger partial charge on any atom is -0.354 e. The van der Waals surface area contributed by atoms with Gasteiger partial charge in [-0.25, -0.2) is 4.39 Å². The van der Waals surface area contributed by atoms with Crippen molar-refractivity contribution < 1.29 is 4.39 Å². The molecule has 1 aromatic rings. The molecule has 0 aliphatic heterocycles. The number of hydrogen-bond donors (Lipinski definition) is 2. The van der Waals surface area contributed by atoms with Gasteiger partial charge in [-0.15, -0.1) is 0 Å². The first-order valence-corrected chi connectivity index (χ1v) is 7.74. The number of aliphatic imine (C=N–C) groups is 1. The lowest BCUT2D eigenvalue weighted by molar-refractivity contribution is 0.535. The summed E-state index contributed by atoms with van der Waals surface area (Å²) in [6, 6.07) is 3.35. The summed E-state index contributed by atoms with van der Waals surface area (Å²) < 4.78 is 13.5. The van der Waals surface area contributed by atoms with E-state index < -0.39 is 0 Å². The predicted molar refractivity (Wildman–Crippen MR) is 85.8 cm³/mol. The molecule has 118 valence electrons. The molecule has 0 aliphatic rings. The molecule has 0 saturated heterocycles. The number of guanidine groups is 1. The van der Waals surface area contributed by atoms with E-state index in [2.05, 4.69) is 34.5 Å². The van der Waals surface area contributed by atoms with E-state index >= 15 is 0 Å². The standard InChI is InChI=1S/C16H27FN4/c1-4-5-6-7-9-13(2)21-16(18-3)20-12-15-14(17)10-8-11-19-15/h8,10-11,13H,4-7,9,12H2,1-3H3,(H2,18,20,21). The number of hydrogen-bond acceptors (Lipinski definition) is 2. The molecule has 0 aliphatic carbocycles. The second-order valence-corrected chi connectivity index (χ2v) is 5.25. The van der Waals surface area contributed by atoms with Crippen molar-refractivity contribution in [2.45, 2.75) is 58.5 Å². The van der Waals surface area contributed by atoms with Crippen LogP contribution < -0.4 is 10.6 Å². The van der Waals surface area contributed by atoms with Crippen LogP contribution in [-0.4, -0.2) is 24.0 Å². The van der Waals surface area contributed by atoms with E-state index in [0.29, 0.717) is 24.2 Å². The summed E-state index contributed by atoms with van der Waals surface area (Å²) in [6.45, 7) is 4.68. The van der Waals surface area contributed by atoms with Gasteiger partial charge in [0.2, 0.25) is 0 Å². The van der Waals surface area contributed by atoms with Gasteiger partial charge < -0.3 is 10.6 Å². The monoisotopic (exact) mass is 294 g/mol. The topological polar surface area (TPSA) is 49.3 Å². The van der Waals surface area contributed by atoms with E-state index in [0.717, 1.165) is 6.42 Å². The molecule has 1 rings (SSSR count). The predicted octanol–water partition coefficient (Wildman–Crippen LogP) is 3.24. The van der Waals surface area contributed by atoms with Crippen LogP contribution in [0.3, 0.4) is 0 Å². The molecule has 1 unspecified atom stereocenters. The van der Waals surface area contributed by atoms with E-state index in [1.54, 1.807) is 19.3 Å². The average molecular weight is 294 g/mol. The fraction of sp³-hybridized carbons (Fsp3) is 0.625. The summed E-state index contributed by atoms with van der Waals surface area (Å²) >= 11 is 0. The Morgan fingerprint density at radius 2 is 2.19 bits per heavy atom. The van der Waals surface area contributed by atoms with Crippen LogP contribution >= 0.6 is 0 Å². The Morgan fingerprint density at radius 1 is 1.38 bits per heavy atom. The first-order chi connectivity index (χ1) is 10.2. The molecule has 0 fully saturated rings. The highest BCUT2D eigenvalue weighted by Crippen LogP contribution is 2.05. The summed E-state index contributed by atoms with van der Waals surface area (Å²) in [6.07, 6.45) is 7.73. The number of pyridine rings is 1. The van der Waals surface area contributed by atoms with E-state index in [9.17, 15) is 4.39 Å². The Balaban J connectivity index is 2.33. The van der Waals surface area contributed by atoms with Crippen LogP contribution in [0, 0.1) is 5.82 Å². The third-order valence-corrected chi connectivity index (χ3v) is 3.36. The Kier molecular flexibility index (Phi) is 8.40. The zero-order valence-corrected chi connectivity index (χ0v) is 13.3. The molecule has 1 atom stereocenters. The Bertz CT molecular complexity index is 434. The number of nitrogens with one attached hydrogen (secondary N) is 2. The summed E-state index contributed by atoms with van der Waals surface area (Å²) in [7, 11) is 1.72. The van der Waals surface area contributed by atoms with Crippen molar-refractivity contribution in [2.24, 2.45) is 4.99 Å². The van der Waals surface area contributed by atoms with Crippen LogP contribution in [0.4, 0.5) is 4.39 Å². The van der Waals surface area contributed by atoms with Crippen LogP contribution in [0.1, 0.15) is 51.6 Å². The highest BCUT2D eigenvalue weighted by molar-refractivity contribution is 5.79. The first-order valence-electron chi connectivity index (χ1n) is 7.74. The molecular weight excluding hydrogens is 267 g/mol. The van der Waals surface area contributed by atoms with Gasteiger partial charge in [-0.05, 0) is 25.5 Å². The Morgan fingerprint density at radius 3 is 2.86 bits per heavy atom. The van der Waals surface area contributed by atoms with Crippen molar-refractivity contribution in [2.75, 3.05) is 7.05 Å². The van der Waals surface area contributed by atoms with Crippen molar-refractivity contribution >= 4 is 5.96 Å². The molecule has 0 bridgehead atoms. The van der Waals surface area contributed by atoms with Crippen LogP contribution in [0.5, 0.6) is 0 Å². The normalized spacial score (nSPS) is 13.0. The largest absolute Gasteiger partial charge is 0.354 e.